The van der Waals surface area contributed by atoms with E-state index >= 15 is 0 Å². The summed E-state index contributed by atoms with van der Waals surface area (Å²) >= 11 is 0. The van der Waals surface area contributed by atoms with Crippen LogP contribution in [-0.2, 0) is 6.54 Å². The zero-order valence-corrected chi connectivity index (χ0v) is 9.27. The Labute approximate surface area is 85.8 Å². The molecule has 0 aliphatic carbocycles. The third kappa shape index (κ3) is 2.35. The van der Waals surface area contributed by atoms with Crippen molar-refractivity contribution in [1.29, 1.82) is 0 Å². The highest BCUT2D eigenvalue weighted by Crippen LogP contribution is 2.23. The Morgan fingerprint density at radius 2 is 2.21 bits per heavy atom. The van der Waals surface area contributed by atoms with E-state index in [1.165, 1.54) is 0 Å². The van der Waals surface area contributed by atoms with Crippen LogP contribution in [0.4, 0.5) is 0 Å². The lowest BCUT2D eigenvalue weighted by Crippen LogP contribution is -2.14. The highest BCUT2D eigenvalue weighted by Gasteiger charge is 2.18. The van der Waals surface area contributed by atoms with E-state index in [-0.39, 0.29) is 6.10 Å². The van der Waals surface area contributed by atoms with Crippen molar-refractivity contribution in [3.8, 4) is 0 Å². The summed E-state index contributed by atoms with van der Waals surface area (Å²) in [7, 11) is 0. The average Bonchev–Trinajstić information content (AvgIpc) is 2.64. The fraction of sp³-hybridized carbons (Fsp3) is 0.727. The van der Waals surface area contributed by atoms with Gasteiger partial charge in [0.2, 0.25) is 0 Å². The molecule has 0 fully saturated rings. The minimum atomic E-state index is -0.381. The average molecular weight is 196 g/mol. The largest absolute Gasteiger partial charge is 0.387 e. The van der Waals surface area contributed by atoms with Crippen LogP contribution in [0, 0.1) is 5.92 Å². The first kappa shape index (κ1) is 11.2. The molecule has 0 aliphatic rings. The highest BCUT2D eigenvalue weighted by atomic mass is 16.3. The monoisotopic (exact) mass is 196 g/mol. The van der Waals surface area contributed by atoms with Crippen molar-refractivity contribution in [2.24, 2.45) is 5.92 Å². The second kappa shape index (κ2) is 5.15. The van der Waals surface area contributed by atoms with Gasteiger partial charge in [0.05, 0.1) is 11.8 Å². The lowest BCUT2D eigenvalue weighted by Gasteiger charge is -2.18. The van der Waals surface area contributed by atoms with Gasteiger partial charge in [-0.05, 0) is 18.4 Å². The van der Waals surface area contributed by atoms with Crippen molar-refractivity contribution in [2.75, 3.05) is 0 Å². The van der Waals surface area contributed by atoms with E-state index in [2.05, 4.69) is 25.9 Å². The number of aliphatic hydroxyl groups is 1. The lowest BCUT2D eigenvalue weighted by atomic mass is 9.99. The molecule has 0 saturated heterocycles. The molecule has 0 spiro atoms. The van der Waals surface area contributed by atoms with Crippen molar-refractivity contribution in [3.63, 3.8) is 0 Å². The maximum Gasteiger partial charge on any atom is 0.0981 e. The van der Waals surface area contributed by atoms with Gasteiger partial charge in [0, 0.05) is 12.7 Å². The molecule has 0 saturated carbocycles. The number of rotatable bonds is 5. The summed E-state index contributed by atoms with van der Waals surface area (Å²) < 4.78 is 1.90. The number of aliphatic hydroxyl groups excluding tert-OH is 1. The number of aromatic nitrogens is 2. The molecular formula is C11H20N2O. The van der Waals surface area contributed by atoms with Gasteiger partial charge in [-0.15, -0.1) is 0 Å². The summed E-state index contributed by atoms with van der Waals surface area (Å²) in [4.78, 5) is 0. The van der Waals surface area contributed by atoms with Gasteiger partial charge in [-0.25, -0.2) is 0 Å². The summed E-state index contributed by atoms with van der Waals surface area (Å²) in [6.45, 7) is 7.15. The fourth-order valence-electron chi connectivity index (χ4n) is 1.51. The molecule has 14 heavy (non-hydrogen) atoms. The quantitative estimate of drug-likeness (QED) is 0.785. The van der Waals surface area contributed by atoms with E-state index < -0.39 is 0 Å². The molecule has 1 aromatic heterocycles. The van der Waals surface area contributed by atoms with Gasteiger partial charge in [0.15, 0.2) is 0 Å². The van der Waals surface area contributed by atoms with Crippen LogP contribution in [0.3, 0.4) is 0 Å². The van der Waals surface area contributed by atoms with Gasteiger partial charge in [0.25, 0.3) is 0 Å². The second-order valence-electron chi connectivity index (χ2n) is 3.81. The van der Waals surface area contributed by atoms with E-state index in [9.17, 15) is 5.11 Å². The summed E-state index contributed by atoms with van der Waals surface area (Å²) in [6, 6.07) is 1.91. The normalized spacial score (nSPS) is 15.4. The fourth-order valence-corrected chi connectivity index (χ4v) is 1.51. The molecule has 3 nitrogen and oxygen atoms in total. The summed E-state index contributed by atoms with van der Waals surface area (Å²) in [5.41, 5.74) is 0.946. The Hall–Kier alpha value is -0.830. The third-order valence-corrected chi connectivity index (χ3v) is 2.67. The SMILES string of the molecule is CCCn1nccc1C(O)C(C)CC. The first-order chi connectivity index (χ1) is 6.70. The van der Waals surface area contributed by atoms with E-state index in [4.69, 9.17) is 0 Å². The predicted octanol–water partition coefficient (Wildman–Crippen LogP) is 2.37. The van der Waals surface area contributed by atoms with Crippen LogP contribution in [0.2, 0.25) is 0 Å². The zero-order chi connectivity index (χ0) is 10.6. The topological polar surface area (TPSA) is 38.0 Å². The number of aryl methyl sites for hydroxylation is 1. The van der Waals surface area contributed by atoms with Gasteiger partial charge in [-0.2, -0.15) is 5.10 Å². The summed E-state index contributed by atoms with van der Waals surface area (Å²) in [5, 5.41) is 14.2. The van der Waals surface area contributed by atoms with Gasteiger partial charge >= 0.3 is 0 Å². The second-order valence-corrected chi connectivity index (χ2v) is 3.81. The number of hydrogen-bond acceptors (Lipinski definition) is 2. The third-order valence-electron chi connectivity index (χ3n) is 2.67. The van der Waals surface area contributed by atoms with Crippen LogP contribution in [-0.4, -0.2) is 14.9 Å². The first-order valence-corrected chi connectivity index (χ1v) is 5.40. The van der Waals surface area contributed by atoms with Gasteiger partial charge in [0.1, 0.15) is 0 Å². The molecule has 1 N–H and O–H groups in total. The van der Waals surface area contributed by atoms with Crippen molar-refractivity contribution in [3.05, 3.63) is 18.0 Å². The summed E-state index contributed by atoms with van der Waals surface area (Å²) in [5.74, 6) is 0.294. The number of hydrogen-bond donors (Lipinski definition) is 1. The summed E-state index contributed by atoms with van der Waals surface area (Å²) in [6.07, 6.45) is 3.41. The van der Waals surface area contributed by atoms with Crippen LogP contribution in [0.15, 0.2) is 12.3 Å². The standard InChI is InChI=1S/C11H20N2O/c1-4-8-13-10(6-7-12-13)11(14)9(3)5-2/h6-7,9,11,14H,4-5,8H2,1-3H3. The van der Waals surface area contributed by atoms with Crippen LogP contribution in [0.1, 0.15) is 45.4 Å². The van der Waals surface area contributed by atoms with E-state index in [1.54, 1.807) is 6.20 Å². The molecule has 2 atom stereocenters. The molecular weight excluding hydrogens is 176 g/mol. The van der Waals surface area contributed by atoms with E-state index in [1.807, 2.05) is 10.7 Å². The Morgan fingerprint density at radius 3 is 2.79 bits per heavy atom. The van der Waals surface area contributed by atoms with Crippen LogP contribution >= 0.6 is 0 Å². The van der Waals surface area contributed by atoms with Crippen LogP contribution in [0.5, 0.6) is 0 Å². The van der Waals surface area contributed by atoms with Crippen molar-refractivity contribution >= 4 is 0 Å². The Balaban J connectivity index is 2.77. The van der Waals surface area contributed by atoms with Crippen molar-refractivity contribution in [2.45, 2.75) is 46.3 Å². The molecule has 1 heterocycles. The van der Waals surface area contributed by atoms with Gasteiger partial charge in [-0.3, -0.25) is 4.68 Å². The Morgan fingerprint density at radius 1 is 1.50 bits per heavy atom. The minimum absolute atomic E-state index is 0.294. The lowest BCUT2D eigenvalue weighted by molar-refractivity contribution is 0.106. The van der Waals surface area contributed by atoms with Gasteiger partial charge < -0.3 is 5.11 Å². The van der Waals surface area contributed by atoms with Crippen molar-refractivity contribution in [1.82, 2.24) is 9.78 Å². The minimum Gasteiger partial charge on any atom is -0.387 e. The predicted molar refractivity (Wildman–Crippen MR) is 56.9 cm³/mol. The molecule has 0 aromatic carbocycles. The smallest absolute Gasteiger partial charge is 0.0981 e. The molecule has 0 aliphatic heterocycles. The van der Waals surface area contributed by atoms with Crippen molar-refractivity contribution < 1.29 is 5.11 Å². The maximum atomic E-state index is 10.0. The number of nitrogens with zero attached hydrogens (tertiary/aromatic N) is 2. The zero-order valence-electron chi connectivity index (χ0n) is 9.27. The molecule has 0 radical (unpaired) electrons. The first-order valence-electron chi connectivity index (χ1n) is 5.40. The Bertz CT molecular complexity index is 270. The van der Waals surface area contributed by atoms with Crippen LogP contribution in [0.25, 0.3) is 0 Å². The highest BCUT2D eigenvalue weighted by molar-refractivity contribution is 5.05. The van der Waals surface area contributed by atoms with Crippen LogP contribution < -0.4 is 0 Å². The van der Waals surface area contributed by atoms with E-state index in [0.29, 0.717) is 5.92 Å². The molecule has 3 heteroatoms. The van der Waals surface area contributed by atoms with Gasteiger partial charge in [-0.1, -0.05) is 27.2 Å². The molecule has 2 unspecified atom stereocenters. The molecule has 1 rings (SSSR count). The maximum absolute atomic E-state index is 10.0. The Kier molecular flexibility index (Phi) is 4.14. The molecule has 0 bridgehead atoms. The molecule has 80 valence electrons. The molecule has 0 amide bonds. The van der Waals surface area contributed by atoms with E-state index in [0.717, 1.165) is 25.1 Å². The molecule has 1 aromatic rings.